The van der Waals surface area contributed by atoms with Gasteiger partial charge in [-0.3, -0.25) is 0 Å². The highest BCUT2D eigenvalue weighted by molar-refractivity contribution is 9.10. The van der Waals surface area contributed by atoms with E-state index >= 15 is 0 Å². The Kier molecular flexibility index (Phi) is 4.35. The molecule has 2 aliphatic rings. The van der Waals surface area contributed by atoms with Crippen LogP contribution in [-0.4, -0.2) is 52.9 Å². The maximum absolute atomic E-state index is 13.0. The molecule has 7 nitrogen and oxygen atoms in total. The molecule has 3 rings (SSSR count). The van der Waals surface area contributed by atoms with Gasteiger partial charge in [0.1, 0.15) is 0 Å². The molecular formula is C12H20BrN5O2S. The summed E-state index contributed by atoms with van der Waals surface area (Å²) < 4.78 is 29.3. The minimum atomic E-state index is -3.58. The zero-order valence-electron chi connectivity index (χ0n) is 12.0. The van der Waals surface area contributed by atoms with Crippen LogP contribution in [0.2, 0.25) is 0 Å². The van der Waals surface area contributed by atoms with Gasteiger partial charge >= 0.3 is 0 Å². The van der Waals surface area contributed by atoms with E-state index in [4.69, 9.17) is 0 Å². The average molecular weight is 378 g/mol. The molecule has 0 bridgehead atoms. The maximum Gasteiger partial charge on any atom is 0.263 e. The largest absolute Gasteiger partial charge is 0.312 e. The fourth-order valence-corrected chi connectivity index (χ4v) is 6.14. The zero-order chi connectivity index (χ0) is 15.0. The minimum absolute atomic E-state index is 0.0352. The second kappa shape index (κ2) is 5.94. The Morgan fingerprint density at radius 1 is 1.29 bits per heavy atom. The first kappa shape index (κ1) is 15.4. The van der Waals surface area contributed by atoms with Crippen LogP contribution in [0.5, 0.6) is 0 Å². The molecule has 0 aromatic carbocycles. The highest BCUT2D eigenvalue weighted by Gasteiger charge is 2.41. The van der Waals surface area contributed by atoms with Crippen LogP contribution in [0.3, 0.4) is 0 Å². The Labute approximate surface area is 133 Å². The number of sulfonamides is 1. The Morgan fingerprint density at radius 3 is 2.71 bits per heavy atom. The molecule has 2 fully saturated rings. The third-order valence-corrected chi connectivity index (χ3v) is 7.17. The lowest BCUT2D eigenvalue weighted by atomic mass is 9.97. The fourth-order valence-electron chi connectivity index (χ4n) is 3.38. The van der Waals surface area contributed by atoms with Crippen LogP contribution in [0.1, 0.15) is 32.1 Å². The third-order valence-electron chi connectivity index (χ3n) is 4.35. The van der Waals surface area contributed by atoms with Crippen LogP contribution >= 0.6 is 15.9 Å². The van der Waals surface area contributed by atoms with E-state index in [1.807, 2.05) is 0 Å². The van der Waals surface area contributed by atoms with E-state index in [9.17, 15) is 8.42 Å². The van der Waals surface area contributed by atoms with E-state index in [1.165, 1.54) is 4.68 Å². The van der Waals surface area contributed by atoms with Crippen molar-refractivity contribution in [2.24, 2.45) is 7.05 Å². The first-order chi connectivity index (χ1) is 10.0. The highest BCUT2D eigenvalue weighted by Crippen LogP contribution is 2.31. The van der Waals surface area contributed by atoms with Crippen molar-refractivity contribution in [3.63, 3.8) is 0 Å². The van der Waals surface area contributed by atoms with Crippen molar-refractivity contribution < 1.29 is 8.42 Å². The lowest BCUT2D eigenvalue weighted by molar-refractivity contribution is 0.209. The molecule has 1 N–H and O–H groups in total. The summed E-state index contributed by atoms with van der Waals surface area (Å²) in [5.74, 6) is 0. The monoisotopic (exact) mass is 377 g/mol. The molecule has 1 aromatic rings. The molecule has 2 atom stereocenters. The van der Waals surface area contributed by atoms with Crippen LogP contribution in [0, 0.1) is 0 Å². The lowest BCUT2D eigenvalue weighted by Crippen LogP contribution is -2.52. The van der Waals surface area contributed by atoms with Crippen molar-refractivity contribution in [3.05, 3.63) is 4.60 Å². The molecular weight excluding hydrogens is 358 g/mol. The fraction of sp³-hybridized carbons (Fsp3) is 0.833. The van der Waals surface area contributed by atoms with Gasteiger partial charge in [0.05, 0.1) is 0 Å². The predicted octanol–water partition coefficient (Wildman–Crippen LogP) is 0.873. The van der Waals surface area contributed by atoms with Crippen LogP contribution in [0.15, 0.2) is 9.63 Å². The summed E-state index contributed by atoms with van der Waals surface area (Å²) in [5.41, 5.74) is 0. The van der Waals surface area contributed by atoms with Gasteiger partial charge in [0.2, 0.25) is 5.03 Å². The van der Waals surface area contributed by atoms with E-state index in [1.54, 1.807) is 11.4 Å². The normalized spacial score (nSPS) is 28.1. The zero-order valence-corrected chi connectivity index (χ0v) is 14.4. The molecule has 9 heteroatoms. The first-order valence-electron chi connectivity index (χ1n) is 7.32. The number of halogens is 1. The number of nitrogens with zero attached hydrogens (tertiary/aromatic N) is 4. The van der Waals surface area contributed by atoms with E-state index in [2.05, 4.69) is 31.6 Å². The van der Waals surface area contributed by atoms with Gasteiger partial charge in [-0.1, -0.05) is 11.6 Å². The van der Waals surface area contributed by atoms with Crippen molar-refractivity contribution in [1.29, 1.82) is 0 Å². The molecule has 1 aromatic heterocycles. The summed E-state index contributed by atoms with van der Waals surface area (Å²) in [6.45, 7) is 1.55. The van der Waals surface area contributed by atoms with E-state index in [-0.39, 0.29) is 21.7 Å². The molecule has 2 saturated heterocycles. The Morgan fingerprint density at radius 2 is 2.10 bits per heavy atom. The summed E-state index contributed by atoms with van der Waals surface area (Å²) in [4.78, 5) is 0. The molecule has 2 aliphatic heterocycles. The number of rotatable bonds is 3. The Balaban J connectivity index is 1.95. The molecule has 0 aliphatic carbocycles. The SMILES string of the molecule is Cn1nnc(Br)c1S(=O)(=O)N1CCCCC1C1CCCN1. The molecule has 0 spiro atoms. The van der Waals surface area contributed by atoms with Gasteiger partial charge in [-0.2, -0.15) is 4.31 Å². The van der Waals surface area contributed by atoms with Crippen molar-refractivity contribution in [3.8, 4) is 0 Å². The summed E-state index contributed by atoms with van der Waals surface area (Å²) in [6.07, 6.45) is 5.07. The van der Waals surface area contributed by atoms with Crippen molar-refractivity contribution in [1.82, 2.24) is 24.6 Å². The molecule has 3 heterocycles. The molecule has 21 heavy (non-hydrogen) atoms. The van der Waals surface area contributed by atoms with Gasteiger partial charge in [0.25, 0.3) is 10.0 Å². The van der Waals surface area contributed by atoms with E-state index < -0.39 is 10.0 Å². The number of nitrogens with one attached hydrogen (secondary N) is 1. The third kappa shape index (κ3) is 2.76. The van der Waals surface area contributed by atoms with Gasteiger partial charge < -0.3 is 5.32 Å². The highest BCUT2D eigenvalue weighted by atomic mass is 79.9. The number of piperidine rings is 1. The lowest BCUT2D eigenvalue weighted by Gasteiger charge is -2.38. The smallest absolute Gasteiger partial charge is 0.263 e. The van der Waals surface area contributed by atoms with E-state index in [0.717, 1.165) is 38.6 Å². The number of aromatic nitrogens is 3. The minimum Gasteiger partial charge on any atom is -0.312 e. The summed E-state index contributed by atoms with van der Waals surface area (Å²) in [5, 5.41) is 11.2. The summed E-state index contributed by atoms with van der Waals surface area (Å²) in [7, 11) is -1.97. The molecule has 2 unspecified atom stereocenters. The van der Waals surface area contributed by atoms with Crippen LogP contribution in [-0.2, 0) is 17.1 Å². The van der Waals surface area contributed by atoms with Gasteiger partial charge in [-0.15, -0.1) is 5.10 Å². The van der Waals surface area contributed by atoms with Gasteiger partial charge in [-0.05, 0) is 48.2 Å². The van der Waals surface area contributed by atoms with E-state index in [0.29, 0.717) is 6.54 Å². The molecule has 0 saturated carbocycles. The topological polar surface area (TPSA) is 80.1 Å². The van der Waals surface area contributed by atoms with Crippen molar-refractivity contribution >= 4 is 26.0 Å². The average Bonchev–Trinajstić information content (AvgIpc) is 3.09. The predicted molar refractivity (Wildman–Crippen MR) is 81.3 cm³/mol. The number of aryl methyl sites for hydroxylation is 1. The van der Waals surface area contributed by atoms with Crippen molar-refractivity contribution in [2.45, 2.75) is 49.2 Å². The summed E-state index contributed by atoms with van der Waals surface area (Å²) in [6, 6.07) is 0.299. The van der Waals surface area contributed by atoms with Crippen LogP contribution in [0.25, 0.3) is 0 Å². The van der Waals surface area contributed by atoms with Crippen LogP contribution < -0.4 is 5.32 Å². The quantitative estimate of drug-likeness (QED) is 0.845. The molecule has 0 amide bonds. The number of hydrogen-bond acceptors (Lipinski definition) is 5. The standard InChI is InChI=1S/C12H20BrN5O2S/c1-17-12(11(13)15-16-17)21(19,20)18-8-3-2-6-10(18)9-5-4-7-14-9/h9-10,14H,2-8H2,1H3. The second-order valence-corrected chi connectivity index (χ2v) is 8.25. The van der Waals surface area contributed by atoms with Crippen molar-refractivity contribution in [2.75, 3.05) is 13.1 Å². The van der Waals surface area contributed by atoms with Gasteiger partial charge in [0.15, 0.2) is 4.60 Å². The van der Waals surface area contributed by atoms with Gasteiger partial charge in [0, 0.05) is 25.7 Å². The molecule has 118 valence electrons. The van der Waals surface area contributed by atoms with Gasteiger partial charge in [-0.25, -0.2) is 13.1 Å². The number of hydrogen-bond donors (Lipinski definition) is 1. The first-order valence-corrected chi connectivity index (χ1v) is 9.55. The molecule has 0 radical (unpaired) electrons. The van der Waals surface area contributed by atoms with Crippen LogP contribution in [0.4, 0.5) is 0 Å². The maximum atomic E-state index is 13.0. The summed E-state index contributed by atoms with van der Waals surface area (Å²) >= 11 is 3.21. The second-order valence-electron chi connectivity index (χ2n) is 5.69. The Bertz CT molecular complexity index is 592. The Hall–Kier alpha value is -0.510.